The molecule has 0 atom stereocenters. The summed E-state index contributed by atoms with van der Waals surface area (Å²) in [5.41, 5.74) is 5.67. The summed E-state index contributed by atoms with van der Waals surface area (Å²) in [4.78, 5) is 16.6. The number of carbonyl (C=O) groups is 1. The van der Waals surface area contributed by atoms with Gasteiger partial charge in [-0.1, -0.05) is 11.3 Å². The molecule has 0 aliphatic heterocycles. The van der Waals surface area contributed by atoms with Crippen molar-refractivity contribution in [2.45, 2.75) is 39.7 Å². The van der Waals surface area contributed by atoms with E-state index in [1.807, 2.05) is 27.7 Å². The summed E-state index contributed by atoms with van der Waals surface area (Å²) in [5, 5.41) is 6.69. The van der Waals surface area contributed by atoms with Crippen molar-refractivity contribution >= 4 is 28.2 Å². The predicted octanol–water partition coefficient (Wildman–Crippen LogP) is 2.09. The van der Waals surface area contributed by atoms with Gasteiger partial charge in [0.2, 0.25) is 0 Å². The molecule has 0 unspecified atom stereocenters. The van der Waals surface area contributed by atoms with E-state index < -0.39 is 0 Å². The van der Waals surface area contributed by atoms with E-state index in [0.717, 1.165) is 6.42 Å². The van der Waals surface area contributed by atoms with Gasteiger partial charge in [-0.3, -0.25) is 4.79 Å². The topological polar surface area (TPSA) is 89.3 Å². The van der Waals surface area contributed by atoms with Crippen molar-refractivity contribution in [3.63, 3.8) is 0 Å². The number of ether oxygens (including phenoxy) is 1. The number of thiazole rings is 1. The summed E-state index contributed by atoms with van der Waals surface area (Å²) in [6, 6.07) is 0. The highest BCUT2D eigenvalue weighted by atomic mass is 32.1. The summed E-state index contributed by atoms with van der Waals surface area (Å²) in [5.74, 6) is 0.0857. The third-order valence-electron chi connectivity index (χ3n) is 2.30. The molecule has 4 N–H and O–H groups in total. The molecule has 1 aromatic rings. The largest absolute Gasteiger partial charge is 0.382 e. The zero-order chi connectivity index (χ0) is 15.2. The lowest BCUT2D eigenvalue weighted by Crippen LogP contribution is -2.26. The molecular formula is C13H24N4O2S. The second-order valence-electron chi connectivity index (χ2n) is 5.41. The predicted molar refractivity (Wildman–Crippen MR) is 83.3 cm³/mol. The van der Waals surface area contributed by atoms with Gasteiger partial charge in [0, 0.05) is 25.3 Å². The highest BCUT2D eigenvalue weighted by Gasteiger charge is 2.18. The monoisotopic (exact) mass is 300 g/mol. The Kier molecular flexibility index (Phi) is 6.22. The van der Waals surface area contributed by atoms with E-state index >= 15 is 0 Å². The molecule has 0 saturated heterocycles. The third kappa shape index (κ3) is 5.75. The third-order valence-corrected chi connectivity index (χ3v) is 3.28. The Labute approximate surface area is 124 Å². The molecule has 0 bridgehead atoms. The number of nitrogens with one attached hydrogen (secondary N) is 2. The summed E-state index contributed by atoms with van der Waals surface area (Å²) in [6.07, 6.45) is 0.783. The number of rotatable bonds is 7. The van der Waals surface area contributed by atoms with Crippen LogP contribution in [0.2, 0.25) is 0 Å². The first-order valence-electron chi connectivity index (χ1n) is 6.74. The number of aromatic nitrogens is 1. The van der Waals surface area contributed by atoms with E-state index in [9.17, 15) is 4.79 Å². The van der Waals surface area contributed by atoms with Crippen LogP contribution < -0.4 is 16.4 Å². The highest BCUT2D eigenvalue weighted by Crippen LogP contribution is 2.26. The molecule has 0 aliphatic carbocycles. The molecule has 20 heavy (non-hydrogen) atoms. The Morgan fingerprint density at radius 3 is 2.75 bits per heavy atom. The van der Waals surface area contributed by atoms with Crippen molar-refractivity contribution in [2.24, 2.45) is 0 Å². The molecule has 1 amide bonds. The van der Waals surface area contributed by atoms with Crippen molar-refractivity contribution in [3.8, 4) is 0 Å². The quantitative estimate of drug-likeness (QED) is 0.671. The molecular weight excluding hydrogens is 276 g/mol. The van der Waals surface area contributed by atoms with Crippen molar-refractivity contribution in [1.82, 2.24) is 10.3 Å². The van der Waals surface area contributed by atoms with Crippen LogP contribution in [-0.4, -0.2) is 36.2 Å². The fourth-order valence-corrected chi connectivity index (χ4v) is 2.48. The molecule has 0 saturated carbocycles. The Morgan fingerprint density at radius 2 is 2.15 bits per heavy atom. The Morgan fingerprint density at radius 1 is 1.45 bits per heavy atom. The summed E-state index contributed by atoms with van der Waals surface area (Å²) in [7, 11) is 0. The van der Waals surface area contributed by atoms with E-state index in [1.54, 1.807) is 0 Å². The van der Waals surface area contributed by atoms with Gasteiger partial charge in [0.05, 0.1) is 0 Å². The molecule has 0 spiro atoms. The van der Waals surface area contributed by atoms with Gasteiger partial charge in [0.1, 0.15) is 10.7 Å². The minimum Gasteiger partial charge on any atom is -0.382 e. The first-order chi connectivity index (χ1) is 9.33. The van der Waals surface area contributed by atoms with E-state index in [1.165, 1.54) is 11.3 Å². The van der Waals surface area contributed by atoms with Crippen LogP contribution in [0.4, 0.5) is 10.9 Å². The van der Waals surface area contributed by atoms with Crippen molar-refractivity contribution in [1.29, 1.82) is 0 Å². The molecule has 1 aromatic heterocycles. The minimum absolute atomic E-state index is 0.116. The van der Waals surface area contributed by atoms with Crippen molar-refractivity contribution in [2.75, 3.05) is 30.8 Å². The first kappa shape index (κ1) is 16.7. The zero-order valence-electron chi connectivity index (χ0n) is 12.6. The van der Waals surface area contributed by atoms with Crippen LogP contribution in [0, 0.1) is 0 Å². The molecule has 0 radical (unpaired) electrons. The number of nitrogens with zero attached hydrogens (tertiary/aromatic N) is 1. The number of carbonyl (C=O) groups excluding carboxylic acids is 1. The fourth-order valence-electron chi connectivity index (χ4n) is 1.47. The normalized spacial score (nSPS) is 11.4. The van der Waals surface area contributed by atoms with Crippen molar-refractivity contribution < 1.29 is 9.53 Å². The van der Waals surface area contributed by atoms with Crippen LogP contribution in [0.25, 0.3) is 0 Å². The highest BCUT2D eigenvalue weighted by molar-refractivity contribution is 7.18. The summed E-state index contributed by atoms with van der Waals surface area (Å²) >= 11 is 1.27. The average Bonchev–Trinajstić information content (AvgIpc) is 2.67. The molecule has 1 heterocycles. The Hall–Kier alpha value is -1.34. The lowest BCUT2D eigenvalue weighted by Gasteiger charge is -2.19. The molecule has 0 fully saturated rings. The van der Waals surface area contributed by atoms with E-state index in [-0.39, 0.29) is 17.3 Å². The number of nitrogens with two attached hydrogens (primary N) is 1. The van der Waals surface area contributed by atoms with Gasteiger partial charge < -0.3 is 21.1 Å². The Balaban J connectivity index is 2.51. The number of anilines is 2. The lowest BCUT2D eigenvalue weighted by atomic mass is 10.1. The van der Waals surface area contributed by atoms with Crippen LogP contribution in [0.3, 0.4) is 0 Å². The van der Waals surface area contributed by atoms with E-state index in [0.29, 0.717) is 29.8 Å². The fraction of sp³-hybridized carbons (Fsp3) is 0.692. The number of nitrogen functional groups attached to an aromatic ring is 1. The summed E-state index contributed by atoms with van der Waals surface area (Å²) in [6.45, 7) is 9.93. The second-order valence-corrected chi connectivity index (χ2v) is 6.41. The standard InChI is InChI=1S/C13H24N4O2S/c1-5-19-8-6-7-15-11(18)9-10(14)16-12(20-9)17-13(2,3)4/h5-8,14H2,1-4H3,(H,15,18)(H,16,17). The van der Waals surface area contributed by atoms with Crippen LogP contribution >= 0.6 is 11.3 Å². The minimum atomic E-state index is -0.182. The van der Waals surface area contributed by atoms with Gasteiger partial charge in [-0.2, -0.15) is 0 Å². The molecule has 114 valence electrons. The van der Waals surface area contributed by atoms with Gasteiger partial charge in [-0.15, -0.1) is 0 Å². The van der Waals surface area contributed by atoms with Crippen LogP contribution in [-0.2, 0) is 4.74 Å². The first-order valence-corrected chi connectivity index (χ1v) is 7.55. The van der Waals surface area contributed by atoms with Crippen LogP contribution in [0.5, 0.6) is 0 Å². The molecule has 0 aliphatic rings. The molecule has 7 heteroatoms. The summed E-state index contributed by atoms with van der Waals surface area (Å²) < 4.78 is 5.21. The maximum Gasteiger partial charge on any atom is 0.265 e. The zero-order valence-corrected chi connectivity index (χ0v) is 13.4. The smallest absolute Gasteiger partial charge is 0.265 e. The van der Waals surface area contributed by atoms with E-state index in [4.69, 9.17) is 10.5 Å². The lowest BCUT2D eigenvalue weighted by molar-refractivity contribution is 0.0949. The molecule has 0 aromatic carbocycles. The Bertz CT molecular complexity index is 440. The van der Waals surface area contributed by atoms with Gasteiger partial charge in [-0.05, 0) is 34.1 Å². The van der Waals surface area contributed by atoms with Gasteiger partial charge in [0.25, 0.3) is 5.91 Å². The van der Waals surface area contributed by atoms with Gasteiger partial charge in [0.15, 0.2) is 5.13 Å². The maximum atomic E-state index is 12.0. The second kappa shape index (κ2) is 7.44. The van der Waals surface area contributed by atoms with E-state index in [2.05, 4.69) is 15.6 Å². The molecule has 1 rings (SSSR count). The number of hydrogen-bond donors (Lipinski definition) is 3. The molecule has 6 nitrogen and oxygen atoms in total. The maximum absolute atomic E-state index is 12.0. The number of hydrogen-bond acceptors (Lipinski definition) is 6. The van der Waals surface area contributed by atoms with Crippen LogP contribution in [0.1, 0.15) is 43.8 Å². The van der Waals surface area contributed by atoms with Gasteiger partial charge in [-0.25, -0.2) is 4.98 Å². The van der Waals surface area contributed by atoms with Crippen molar-refractivity contribution in [3.05, 3.63) is 4.88 Å². The number of amides is 1. The van der Waals surface area contributed by atoms with Gasteiger partial charge >= 0.3 is 0 Å². The SMILES string of the molecule is CCOCCCNC(=O)c1sc(NC(C)(C)C)nc1N. The van der Waals surface area contributed by atoms with Crippen LogP contribution in [0.15, 0.2) is 0 Å². The average molecular weight is 300 g/mol.